The van der Waals surface area contributed by atoms with Gasteiger partial charge in [0.05, 0.1) is 11.5 Å². The Morgan fingerprint density at radius 3 is 2.58 bits per heavy atom. The van der Waals surface area contributed by atoms with Gasteiger partial charge < -0.3 is 9.47 Å². The van der Waals surface area contributed by atoms with Crippen molar-refractivity contribution in [2.45, 2.75) is 32.1 Å². The summed E-state index contributed by atoms with van der Waals surface area (Å²) in [6.07, 6.45) is 6.85. The minimum atomic E-state index is -0.186. The number of ether oxygens (including phenoxy) is 2. The van der Waals surface area contributed by atoms with Crippen LogP contribution in [0.25, 0.3) is 6.08 Å². The molecule has 0 spiro atoms. The van der Waals surface area contributed by atoms with Crippen molar-refractivity contribution < 1.29 is 19.1 Å². The number of Topliss-reactive ketones (excluding diaryl/α,β-unsaturated/α-hetero) is 1. The van der Waals surface area contributed by atoms with Crippen molar-refractivity contribution in [3.05, 3.63) is 65.4 Å². The molecule has 4 nitrogen and oxygen atoms in total. The molecule has 0 bridgehead atoms. The number of benzene rings is 2. The third-order valence-electron chi connectivity index (χ3n) is 4.90. The molecule has 2 aliphatic rings. The number of hydrogen-bond acceptors (Lipinski definition) is 4. The van der Waals surface area contributed by atoms with E-state index in [2.05, 4.69) is 0 Å². The van der Waals surface area contributed by atoms with Gasteiger partial charge in [0.15, 0.2) is 5.76 Å². The largest absolute Gasteiger partial charge is 0.452 e. The van der Waals surface area contributed by atoms with E-state index >= 15 is 0 Å². The second kappa shape index (κ2) is 7.16. The first kappa shape index (κ1) is 16.6. The molecule has 2 aromatic rings. The molecule has 2 aromatic carbocycles. The van der Waals surface area contributed by atoms with E-state index in [1.54, 1.807) is 24.3 Å². The van der Waals surface area contributed by atoms with Crippen LogP contribution in [0.15, 0.2) is 54.3 Å². The van der Waals surface area contributed by atoms with Gasteiger partial charge in [-0.2, -0.15) is 0 Å². The molecular formula is C22H20O4. The van der Waals surface area contributed by atoms with E-state index < -0.39 is 0 Å². The molecule has 4 rings (SSSR count). The summed E-state index contributed by atoms with van der Waals surface area (Å²) in [5, 5.41) is 0. The average Bonchev–Trinajstić information content (AvgIpc) is 2.98. The second-order valence-corrected chi connectivity index (χ2v) is 6.76. The van der Waals surface area contributed by atoms with Gasteiger partial charge in [0.1, 0.15) is 11.5 Å². The van der Waals surface area contributed by atoms with Crippen molar-refractivity contribution >= 4 is 17.8 Å². The molecule has 0 amide bonds. The SMILES string of the molecule is O=C1C(=Cc2ccccc2)Oc2cc(OC(=O)C3CCCCC3)ccc21. The molecule has 0 N–H and O–H groups in total. The molecule has 0 saturated heterocycles. The molecule has 1 fully saturated rings. The summed E-state index contributed by atoms with van der Waals surface area (Å²) in [7, 11) is 0. The van der Waals surface area contributed by atoms with Gasteiger partial charge in [-0.3, -0.25) is 9.59 Å². The topological polar surface area (TPSA) is 52.6 Å². The van der Waals surface area contributed by atoms with Crippen LogP contribution >= 0.6 is 0 Å². The van der Waals surface area contributed by atoms with E-state index in [0.717, 1.165) is 31.2 Å². The molecule has 4 heteroatoms. The Hall–Kier alpha value is -2.88. The molecule has 0 aromatic heterocycles. The second-order valence-electron chi connectivity index (χ2n) is 6.76. The summed E-state index contributed by atoms with van der Waals surface area (Å²) in [6.45, 7) is 0. The highest BCUT2D eigenvalue weighted by Gasteiger charge is 2.29. The molecule has 1 heterocycles. The van der Waals surface area contributed by atoms with Crippen molar-refractivity contribution in [2.24, 2.45) is 5.92 Å². The molecule has 0 atom stereocenters. The number of carbonyl (C=O) groups excluding carboxylic acids is 2. The van der Waals surface area contributed by atoms with Crippen LogP contribution in [-0.2, 0) is 4.79 Å². The maximum atomic E-state index is 12.5. The smallest absolute Gasteiger partial charge is 0.314 e. The molecule has 1 aliphatic carbocycles. The van der Waals surface area contributed by atoms with Gasteiger partial charge in [-0.1, -0.05) is 49.6 Å². The van der Waals surface area contributed by atoms with E-state index in [0.29, 0.717) is 17.1 Å². The average molecular weight is 348 g/mol. The highest BCUT2D eigenvalue weighted by Crippen LogP contribution is 2.35. The fourth-order valence-corrected chi connectivity index (χ4v) is 3.47. The van der Waals surface area contributed by atoms with Gasteiger partial charge in [-0.15, -0.1) is 0 Å². The molecule has 132 valence electrons. The maximum Gasteiger partial charge on any atom is 0.314 e. The number of allylic oxidation sites excluding steroid dienone is 1. The summed E-state index contributed by atoms with van der Waals surface area (Å²) in [4.78, 5) is 24.8. The number of fused-ring (bicyclic) bond motifs is 1. The van der Waals surface area contributed by atoms with Crippen molar-refractivity contribution in [3.63, 3.8) is 0 Å². The first-order valence-electron chi connectivity index (χ1n) is 9.06. The van der Waals surface area contributed by atoms with Gasteiger partial charge in [-0.25, -0.2) is 0 Å². The minimum absolute atomic E-state index is 0.0203. The van der Waals surface area contributed by atoms with Crippen molar-refractivity contribution in [3.8, 4) is 11.5 Å². The first-order valence-corrected chi connectivity index (χ1v) is 9.06. The first-order chi connectivity index (χ1) is 12.7. The fraction of sp³-hybridized carbons (Fsp3) is 0.273. The van der Waals surface area contributed by atoms with Crippen LogP contribution in [0.2, 0.25) is 0 Å². The molecule has 1 saturated carbocycles. The lowest BCUT2D eigenvalue weighted by Gasteiger charge is -2.19. The lowest BCUT2D eigenvalue weighted by Crippen LogP contribution is -2.22. The summed E-state index contributed by atoms with van der Waals surface area (Å²) in [6, 6.07) is 14.5. The molecule has 0 unspecified atom stereocenters. The number of carbonyl (C=O) groups is 2. The van der Waals surface area contributed by atoms with E-state index in [4.69, 9.17) is 9.47 Å². The lowest BCUT2D eigenvalue weighted by molar-refractivity contribution is -0.139. The summed E-state index contributed by atoms with van der Waals surface area (Å²) in [5.74, 6) is 0.775. The van der Waals surface area contributed by atoms with Gasteiger partial charge in [-0.05, 0) is 36.6 Å². The lowest BCUT2D eigenvalue weighted by atomic mass is 9.89. The standard InChI is InChI=1S/C22H20O4/c23-21-18-12-11-17(25-22(24)16-9-5-2-6-10-16)14-19(18)26-20(21)13-15-7-3-1-4-8-15/h1,3-4,7-8,11-14,16H,2,5-6,9-10H2. The number of hydrogen-bond donors (Lipinski definition) is 0. The van der Waals surface area contributed by atoms with Crippen LogP contribution in [-0.4, -0.2) is 11.8 Å². The zero-order chi connectivity index (χ0) is 17.9. The van der Waals surface area contributed by atoms with Crippen LogP contribution < -0.4 is 9.47 Å². The zero-order valence-electron chi connectivity index (χ0n) is 14.4. The zero-order valence-corrected chi connectivity index (χ0v) is 14.4. The highest BCUT2D eigenvalue weighted by atomic mass is 16.5. The summed E-state index contributed by atoms with van der Waals surface area (Å²) in [5.41, 5.74) is 1.39. The Morgan fingerprint density at radius 1 is 1.04 bits per heavy atom. The van der Waals surface area contributed by atoms with Crippen molar-refractivity contribution in [1.82, 2.24) is 0 Å². The van der Waals surface area contributed by atoms with Gasteiger partial charge in [0.2, 0.25) is 5.78 Å². The van der Waals surface area contributed by atoms with Crippen LogP contribution in [0.1, 0.15) is 48.0 Å². The van der Waals surface area contributed by atoms with Gasteiger partial charge >= 0.3 is 5.97 Å². The number of ketones is 1. The Morgan fingerprint density at radius 2 is 1.81 bits per heavy atom. The predicted octanol–water partition coefficient (Wildman–Crippen LogP) is 4.79. The minimum Gasteiger partial charge on any atom is -0.452 e. The Labute approximate surface area is 152 Å². The third kappa shape index (κ3) is 3.40. The summed E-state index contributed by atoms with van der Waals surface area (Å²) >= 11 is 0. The normalized spacial score (nSPS) is 18.5. The summed E-state index contributed by atoms with van der Waals surface area (Å²) < 4.78 is 11.2. The van der Waals surface area contributed by atoms with Crippen LogP contribution in [0.3, 0.4) is 0 Å². The van der Waals surface area contributed by atoms with E-state index in [9.17, 15) is 9.59 Å². The van der Waals surface area contributed by atoms with Crippen LogP contribution in [0.5, 0.6) is 11.5 Å². The quantitative estimate of drug-likeness (QED) is 0.455. The maximum absolute atomic E-state index is 12.5. The van der Waals surface area contributed by atoms with Gasteiger partial charge in [0, 0.05) is 6.07 Å². The number of esters is 1. The third-order valence-corrected chi connectivity index (χ3v) is 4.90. The van der Waals surface area contributed by atoms with E-state index in [-0.39, 0.29) is 23.4 Å². The van der Waals surface area contributed by atoms with Crippen LogP contribution in [0, 0.1) is 5.92 Å². The number of rotatable bonds is 3. The fourth-order valence-electron chi connectivity index (χ4n) is 3.47. The van der Waals surface area contributed by atoms with E-state index in [1.165, 1.54) is 6.42 Å². The van der Waals surface area contributed by atoms with Gasteiger partial charge in [0.25, 0.3) is 0 Å². The Bertz CT molecular complexity index is 861. The van der Waals surface area contributed by atoms with Crippen molar-refractivity contribution in [2.75, 3.05) is 0 Å². The molecule has 0 radical (unpaired) electrons. The predicted molar refractivity (Wildman–Crippen MR) is 98.0 cm³/mol. The highest BCUT2D eigenvalue weighted by molar-refractivity contribution is 6.14. The Kier molecular flexibility index (Phi) is 4.57. The van der Waals surface area contributed by atoms with Crippen molar-refractivity contribution in [1.29, 1.82) is 0 Å². The monoisotopic (exact) mass is 348 g/mol. The van der Waals surface area contributed by atoms with Crippen LogP contribution in [0.4, 0.5) is 0 Å². The molecular weight excluding hydrogens is 328 g/mol. The molecule has 1 aliphatic heterocycles. The Balaban J connectivity index is 1.50. The molecule has 26 heavy (non-hydrogen) atoms. The van der Waals surface area contributed by atoms with E-state index in [1.807, 2.05) is 30.3 Å².